The van der Waals surface area contributed by atoms with Crippen LogP contribution in [0.3, 0.4) is 0 Å². The van der Waals surface area contributed by atoms with E-state index in [9.17, 15) is 14.7 Å². The summed E-state index contributed by atoms with van der Waals surface area (Å²) in [5.41, 5.74) is -1.04. The van der Waals surface area contributed by atoms with Gasteiger partial charge in [-0.15, -0.1) is 0 Å². The molecule has 0 saturated carbocycles. The molecule has 0 unspecified atom stereocenters. The van der Waals surface area contributed by atoms with Crippen molar-refractivity contribution in [1.29, 1.82) is 0 Å². The molecule has 0 spiro atoms. The van der Waals surface area contributed by atoms with Crippen LogP contribution >= 0.6 is 0 Å². The van der Waals surface area contributed by atoms with Crippen LogP contribution in [-0.2, 0) is 10.9 Å². The number of aliphatic hydroxyl groups is 1. The van der Waals surface area contributed by atoms with E-state index in [1.807, 2.05) is 9.88 Å². The van der Waals surface area contributed by atoms with Gasteiger partial charge in [-0.25, -0.2) is 0 Å². The summed E-state index contributed by atoms with van der Waals surface area (Å²) >= 11 is -3.03. The molecule has 2 N–H and O–H groups in total. The zero-order valence-corrected chi connectivity index (χ0v) is 14.0. The summed E-state index contributed by atoms with van der Waals surface area (Å²) in [4.78, 5) is 29.1. The van der Waals surface area contributed by atoms with Gasteiger partial charge in [0, 0.05) is 0 Å². The third kappa shape index (κ3) is 2.35. The number of rotatable bonds is 2. The Labute approximate surface area is 119 Å². The van der Waals surface area contributed by atoms with Gasteiger partial charge in [-0.1, -0.05) is 0 Å². The molecule has 3 heterocycles. The standard InChI is InChI=1S/C9H10N2O6.2CH3.Sn/c12-3-4-6(14)7(15)8(17-4)11-2-1-5(13)10-9(11)16;;;/h1-2,4,6-8,12H,3H2,(H,10,13,16);2*1H3;/q-2;;;+2/t4-,6+,7+,8+;;;/m0.../s1. The maximum atomic E-state index is 11.9. The van der Waals surface area contributed by atoms with Crippen LogP contribution in [0, 0.1) is 0 Å². The van der Waals surface area contributed by atoms with Gasteiger partial charge in [0.05, 0.1) is 0 Å². The molecular formula is C11H16N2O6Sn. The molecule has 0 radical (unpaired) electrons. The number of ether oxygens (including phenoxy) is 1. The number of nitrogens with zero attached hydrogens (tertiary/aromatic N) is 1. The number of aromatic amines is 1. The molecule has 3 rings (SSSR count). The molecule has 0 aliphatic carbocycles. The molecule has 0 amide bonds. The van der Waals surface area contributed by atoms with E-state index < -0.39 is 48.9 Å². The van der Waals surface area contributed by atoms with E-state index in [-0.39, 0.29) is 12.7 Å². The number of hydrogen-bond acceptors (Lipinski definition) is 6. The number of hydrogen-bond donors (Lipinski definition) is 2. The number of H-pyrrole nitrogens is 1. The normalized spacial score (nSPS) is 35.1. The van der Waals surface area contributed by atoms with Crippen LogP contribution < -0.4 is 11.2 Å². The average molecular weight is 391 g/mol. The van der Waals surface area contributed by atoms with Gasteiger partial charge < -0.3 is 0 Å². The van der Waals surface area contributed by atoms with Crippen molar-refractivity contribution in [2.75, 3.05) is 6.61 Å². The monoisotopic (exact) mass is 392 g/mol. The quantitative estimate of drug-likeness (QED) is 0.622. The second kappa shape index (κ2) is 4.95. The Bertz CT molecular complexity index is 626. The molecule has 2 aliphatic heterocycles. The molecule has 2 aliphatic rings. The summed E-state index contributed by atoms with van der Waals surface area (Å²) in [6.07, 6.45) is -0.647. The molecule has 2 saturated heterocycles. The van der Waals surface area contributed by atoms with Crippen molar-refractivity contribution in [2.45, 2.75) is 34.4 Å². The van der Waals surface area contributed by atoms with Gasteiger partial charge in [-0.05, 0) is 0 Å². The summed E-state index contributed by atoms with van der Waals surface area (Å²) in [6, 6.07) is 1.25. The summed E-state index contributed by atoms with van der Waals surface area (Å²) < 4.78 is 18.8. The minimum absolute atomic E-state index is 0.207. The molecule has 110 valence electrons. The first kappa shape index (κ1) is 14.3. The van der Waals surface area contributed by atoms with Crippen molar-refractivity contribution < 1.29 is 16.0 Å². The Morgan fingerprint density at radius 3 is 2.70 bits per heavy atom. The number of nitrogens with one attached hydrogen (secondary N) is 1. The van der Waals surface area contributed by atoms with E-state index in [2.05, 4.69) is 4.98 Å². The Hall–Kier alpha value is -0.681. The van der Waals surface area contributed by atoms with Gasteiger partial charge in [0.15, 0.2) is 0 Å². The molecular weight excluding hydrogens is 375 g/mol. The van der Waals surface area contributed by atoms with Crippen LogP contribution in [0.4, 0.5) is 0 Å². The Kier molecular flexibility index (Phi) is 3.53. The molecule has 1 aromatic heterocycles. The Morgan fingerprint density at radius 2 is 2.05 bits per heavy atom. The summed E-state index contributed by atoms with van der Waals surface area (Å²) in [5.74, 6) is 0. The Morgan fingerprint density at radius 1 is 1.35 bits per heavy atom. The SMILES string of the molecule is [CH3][Sn]1([CH3])[O][C@@H]2[C@H]([O]1)[C@H](CO)O[C@H]2n1ccc(=O)[nH]c1=O. The van der Waals surface area contributed by atoms with Gasteiger partial charge in [-0.3, -0.25) is 0 Å². The van der Waals surface area contributed by atoms with E-state index in [1.165, 1.54) is 16.8 Å². The van der Waals surface area contributed by atoms with Crippen molar-refractivity contribution >= 4 is 19.2 Å². The first-order valence-corrected chi connectivity index (χ1v) is 14.4. The summed E-state index contributed by atoms with van der Waals surface area (Å²) in [5, 5.41) is 9.38. The van der Waals surface area contributed by atoms with Crippen molar-refractivity contribution in [3.63, 3.8) is 0 Å². The third-order valence-electron chi connectivity index (χ3n) is 3.43. The number of aliphatic hydroxyl groups excluding tert-OH is 1. The van der Waals surface area contributed by atoms with Gasteiger partial charge in [0.25, 0.3) is 0 Å². The third-order valence-corrected chi connectivity index (χ3v) is 8.22. The predicted molar refractivity (Wildman–Crippen MR) is 69.5 cm³/mol. The second-order valence-corrected chi connectivity index (χ2v) is 14.7. The van der Waals surface area contributed by atoms with E-state index >= 15 is 0 Å². The van der Waals surface area contributed by atoms with Crippen molar-refractivity contribution in [3.05, 3.63) is 33.1 Å². The molecule has 4 atom stereocenters. The molecule has 8 nitrogen and oxygen atoms in total. The number of aromatic nitrogens is 2. The van der Waals surface area contributed by atoms with Crippen molar-refractivity contribution in [2.24, 2.45) is 0 Å². The minimum atomic E-state index is -3.03. The van der Waals surface area contributed by atoms with Crippen LogP contribution in [0.1, 0.15) is 6.23 Å². The van der Waals surface area contributed by atoms with Gasteiger partial charge in [-0.2, -0.15) is 0 Å². The molecule has 20 heavy (non-hydrogen) atoms. The molecule has 2 fully saturated rings. The van der Waals surface area contributed by atoms with Crippen LogP contribution in [0.2, 0.25) is 9.88 Å². The van der Waals surface area contributed by atoms with E-state index in [0.717, 1.165) is 0 Å². The fraction of sp³-hybridized carbons (Fsp3) is 0.636. The first-order valence-electron chi connectivity index (χ1n) is 6.35. The van der Waals surface area contributed by atoms with E-state index in [1.54, 1.807) is 0 Å². The van der Waals surface area contributed by atoms with Gasteiger partial charge in [0.1, 0.15) is 0 Å². The van der Waals surface area contributed by atoms with Crippen LogP contribution in [0.5, 0.6) is 0 Å². The fourth-order valence-electron chi connectivity index (χ4n) is 2.66. The number of fused-ring (bicyclic) bond motifs is 1. The zero-order chi connectivity index (χ0) is 14.5. The van der Waals surface area contributed by atoms with Crippen molar-refractivity contribution in [1.82, 2.24) is 9.55 Å². The Balaban J connectivity index is 1.98. The van der Waals surface area contributed by atoms with Gasteiger partial charge >= 0.3 is 119 Å². The molecule has 0 aromatic carbocycles. The van der Waals surface area contributed by atoms with Gasteiger partial charge in [0.2, 0.25) is 0 Å². The van der Waals surface area contributed by atoms with E-state index in [4.69, 9.17) is 10.9 Å². The predicted octanol–water partition coefficient (Wildman–Crippen LogP) is -1.09. The van der Waals surface area contributed by atoms with E-state index in [0.29, 0.717) is 0 Å². The van der Waals surface area contributed by atoms with Crippen LogP contribution in [0.25, 0.3) is 0 Å². The fourth-order valence-corrected chi connectivity index (χ4v) is 8.09. The maximum absolute atomic E-state index is 11.9. The van der Waals surface area contributed by atoms with Crippen LogP contribution in [0.15, 0.2) is 21.9 Å². The van der Waals surface area contributed by atoms with Crippen LogP contribution in [-0.4, -0.2) is 58.8 Å². The second-order valence-electron chi connectivity index (χ2n) is 5.33. The topological polar surface area (TPSA) is 103 Å². The molecule has 0 bridgehead atoms. The molecule has 1 aromatic rings. The average Bonchev–Trinajstić information content (AvgIpc) is 2.83. The summed E-state index contributed by atoms with van der Waals surface area (Å²) in [6.45, 7) is -0.207. The zero-order valence-electron chi connectivity index (χ0n) is 11.1. The van der Waals surface area contributed by atoms with Crippen molar-refractivity contribution in [3.8, 4) is 0 Å². The first-order chi connectivity index (χ1) is 9.41. The molecule has 9 heteroatoms. The summed E-state index contributed by atoms with van der Waals surface area (Å²) in [7, 11) is 0.